The van der Waals surface area contributed by atoms with Crippen molar-refractivity contribution in [1.29, 1.82) is 0 Å². The van der Waals surface area contributed by atoms with Crippen LogP contribution < -0.4 is 14.4 Å². The Balaban J connectivity index is 1.56. The quantitative estimate of drug-likeness (QED) is 0.457. The second-order valence-corrected chi connectivity index (χ2v) is 10.5. The maximum Gasteiger partial charge on any atom is 0.258 e. The first-order valence-electron chi connectivity index (χ1n) is 11.4. The van der Waals surface area contributed by atoms with Crippen molar-refractivity contribution in [2.45, 2.75) is 25.9 Å². The van der Waals surface area contributed by atoms with E-state index in [0.717, 1.165) is 16.1 Å². The molecule has 0 saturated heterocycles. The molecule has 0 fully saturated rings. The third-order valence-electron chi connectivity index (χ3n) is 6.34. The number of fused-ring (bicyclic) bond motifs is 1. The Morgan fingerprint density at radius 3 is 2.31 bits per heavy atom. The predicted molar refractivity (Wildman–Crippen MR) is 137 cm³/mol. The standard InChI is InChI=1S/C27H28N2O6S/c1-18(19-12-14-22(15-13-19)28-16-20-8-5-6-10-23(20)27(28)31)26(30)29(36(4,32)33)17-21-9-7-11-24(34-2)25(21)35-3/h5-15,18H,16-17H2,1-4H3. The summed E-state index contributed by atoms with van der Waals surface area (Å²) in [6.45, 7) is 1.95. The summed E-state index contributed by atoms with van der Waals surface area (Å²) in [5.41, 5.74) is 3.50. The number of sulfonamides is 1. The fourth-order valence-electron chi connectivity index (χ4n) is 4.36. The van der Waals surface area contributed by atoms with Crippen molar-refractivity contribution in [3.63, 3.8) is 0 Å². The number of hydrogen-bond acceptors (Lipinski definition) is 6. The van der Waals surface area contributed by atoms with Gasteiger partial charge >= 0.3 is 0 Å². The maximum atomic E-state index is 13.4. The molecule has 0 N–H and O–H groups in total. The summed E-state index contributed by atoms with van der Waals surface area (Å²) in [7, 11) is -0.937. The Hall–Kier alpha value is -3.85. The molecule has 0 saturated carbocycles. The molecular formula is C27H28N2O6S. The summed E-state index contributed by atoms with van der Waals surface area (Å²) in [6.07, 6.45) is 1.00. The van der Waals surface area contributed by atoms with E-state index in [2.05, 4.69) is 0 Å². The number of benzene rings is 3. The van der Waals surface area contributed by atoms with E-state index in [1.165, 1.54) is 14.2 Å². The SMILES string of the molecule is COc1cccc(CN(C(=O)C(C)c2ccc(N3Cc4ccccc4C3=O)cc2)S(C)(=O)=O)c1OC. The molecule has 0 radical (unpaired) electrons. The molecule has 1 aliphatic rings. The largest absolute Gasteiger partial charge is 0.493 e. The molecular weight excluding hydrogens is 480 g/mol. The highest BCUT2D eigenvalue weighted by atomic mass is 32.2. The molecule has 3 aromatic carbocycles. The van der Waals surface area contributed by atoms with Gasteiger partial charge < -0.3 is 14.4 Å². The van der Waals surface area contributed by atoms with Gasteiger partial charge in [-0.1, -0.05) is 42.5 Å². The van der Waals surface area contributed by atoms with Crippen LogP contribution in [0.4, 0.5) is 5.69 Å². The molecule has 1 atom stereocenters. The molecule has 0 aromatic heterocycles. The number of ether oxygens (including phenoxy) is 2. The van der Waals surface area contributed by atoms with Gasteiger partial charge in [-0.3, -0.25) is 9.59 Å². The minimum absolute atomic E-state index is 0.0713. The predicted octanol–water partition coefficient (Wildman–Crippen LogP) is 3.96. The lowest BCUT2D eigenvalue weighted by Gasteiger charge is -2.25. The van der Waals surface area contributed by atoms with Crippen molar-refractivity contribution < 1.29 is 27.5 Å². The number of carbonyl (C=O) groups is 2. The molecule has 9 heteroatoms. The molecule has 36 heavy (non-hydrogen) atoms. The van der Waals surface area contributed by atoms with Crippen LogP contribution in [0.1, 0.15) is 39.9 Å². The van der Waals surface area contributed by atoms with Crippen molar-refractivity contribution in [1.82, 2.24) is 4.31 Å². The highest BCUT2D eigenvalue weighted by Crippen LogP contribution is 2.33. The fourth-order valence-corrected chi connectivity index (χ4v) is 5.21. The molecule has 0 spiro atoms. The summed E-state index contributed by atoms with van der Waals surface area (Å²) in [5.74, 6) is -0.567. The van der Waals surface area contributed by atoms with E-state index in [1.807, 2.05) is 24.3 Å². The van der Waals surface area contributed by atoms with Gasteiger partial charge in [-0.2, -0.15) is 0 Å². The van der Waals surface area contributed by atoms with Crippen LogP contribution in [0.15, 0.2) is 66.7 Å². The van der Waals surface area contributed by atoms with Crippen LogP contribution in [0.2, 0.25) is 0 Å². The van der Waals surface area contributed by atoms with Gasteiger partial charge in [0.1, 0.15) is 0 Å². The number of hydrogen-bond donors (Lipinski definition) is 0. The fraction of sp³-hybridized carbons (Fsp3) is 0.259. The second-order valence-electron chi connectivity index (χ2n) is 8.62. The first kappa shape index (κ1) is 25.2. The number of nitrogens with zero attached hydrogens (tertiary/aromatic N) is 2. The van der Waals surface area contributed by atoms with Crippen LogP contribution in [0.25, 0.3) is 0 Å². The van der Waals surface area contributed by atoms with E-state index >= 15 is 0 Å². The average molecular weight is 509 g/mol. The Morgan fingerprint density at radius 2 is 1.69 bits per heavy atom. The van der Waals surface area contributed by atoms with Gasteiger partial charge in [0.05, 0.1) is 39.5 Å². The Morgan fingerprint density at radius 1 is 1.00 bits per heavy atom. The minimum Gasteiger partial charge on any atom is -0.493 e. The van der Waals surface area contributed by atoms with Gasteiger partial charge in [0.2, 0.25) is 15.9 Å². The van der Waals surface area contributed by atoms with Gasteiger partial charge in [-0.25, -0.2) is 12.7 Å². The van der Waals surface area contributed by atoms with Gasteiger partial charge in [0, 0.05) is 16.8 Å². The van der Waals surface area contributed by atoms with Crippen LogP contribution in [-0.2, 0) is 27.9 Å². The smallest absolute Gasteiger partial charge is 0.258 e. The third-order valence-corrected chi connectivity index (χ3v) is 7.45. The topological polar surface area (TPSA) is 93.2 Å². The number of anilines is 1. The first-order valence-corrected chi connectivity index (χ1v) is 13.2. The van der Waals surface area contributed by atoms with E-state index < -0.39 is 21.8 Å². The van der Waals surface area contributed by atoms with E-state index in [9.17, 15) is 18.0 Å². The third kappa shape index (κ3) is 4.79. The molecule has 2 amide bonds. The van der Waals surface area contributed by atoms with E-state index in [1.54, 1.807) is 54.3 Å². The Kier molecular flexibility index (Phi) is 7.03. The van der Waals surface area contributed by atoms with Crippen LogP contribution >= 0.6 is 0 Å². The van der Waals surface area contributed by atoms with Gasteiger partial charge in [-0.05, 0) is 42.3 Å². The molecule has 1 unspecified atom stereocenters. The lowest BCUT2D eigenvalue weighted by molar-refractivity contribution is -0.128. The molecule has 0 aliphatic carbocycles. The monoisotopic (exact) mass is 508 g/mol. The van der Waals surface area contributed by atoms with Gasteiger partial charge in [-0.15, -0.1) is 0 Å². The van der Waals surface area contributed by atoms with Crippen molar-refractivity contribution in [2.75, 3.05) is 25.4 Å². The van der Waals surface area contributed by atoms with Gasteiger partial charge in [0.25, 0.3) is 5.91 Å². The van der Waals surface area contributed by atoms with Crippen LogP contribution in [-0.4, -0.2) is 45.0 Å². The highest BCUT2D eigenvalue weighted by Gasteiger charge is 2.31. The maximum absolute atomic E-state index is 13.4. The Bertz CT molecular complexity index is 1400. The molecule has 3 aromatic rings. The summed E-state index contributed by atoms with van der Waals surface area (Å²) in [5, 5.41) is 0. The van der Waals surface area contributed by atoms with Gasteiger partial charge in [0.15, 0.2) is 11.5 Å². The Labute approximate surface area is 211 Å². The number of carbonyl (C=O) groups excluding carboxylic acids is 2. The highest BCUT2D eigenvalue weighted by molar-refractivity contribution is 7.88. The van der Waals surface area contributed by atoms with Crippen LogP contribution in [0.5, 0.6) is 11.5 Å². The lowest BCUT2D eigenvalue weighted by Crippen LogP contribution is -2.38. The second kappa shape index (κ2) is 10.0. The molecule has 8 nitrogen and oxygen atoms in total. The van der Waals surface area contributed by atoms with E-state index in [0.29, 0.717) is 40.4 Å². The summed E-state index contributed by atoms with van der Waals surface area (Å²) in [6, 6.07) is 19.6. The van der Waals surface area contributed by atoms with Crippen molar-refractivity contribution in [2.24, 2.45) is 0 Å². The molecule has 188 valence electrons. The average Bonchev–Trinajstić information content (AvgIpc) is 3.22. The van der Waals surface area contributed by atoms with Crippen LogP contribution in [0, 0.1) is 0 Å². The van der Waals surface area contributed by atoms with Crippen molar-refractivity contribution in [3.05, 3.63) is 89.0 Å². The summed E-state index contributed by atoms with van der Waals surface area (Å²) >= 11 is 0. The van der Waals surface area contributed by atoms with E-state index in [-0.39, 0.29) is 12.5 Å². The van der Waals surface area contributed by atoms with Crippen molar-refractivity contribution in [3.8, 4) is 11.5 Å². The zero-order valence-electron chi connectivity index (χ0n) is 20.6. The molecule has 1 aliphatic heterocycles. The summed E-state index contributed by atoms with van der Waals surface area (Å²) < 4.78 is 36.8. The van der Waals surface area contributed by atoms with Crippen molar-refractivity contribution >= 4 is 27.5 Å². The van der Waals surface area contributed by atoms with E-state index in [4.69, 9.17) is 9.47 Å². The number of para-hydroxylation sites is 1. The molecule has 4 rings (SSSR count). The molecule has 0 bridgehead atoms. The minimum atomic E-state index is -3.88. The molecule has 1 heterocycles. The number of methoxy groups -OCH3 is 2. The van der Waals surface area contributed by atoms with Crippen LogP contribution in [0.3, 0.4) is 0 Å². The normalized spacial score (nSPS) is 13.8. The zero-order chi connectivity index (χ0) is 26.0. The lowest BCUT2D eigenvalue weighted by atomic mass is 9.99. The number of rotatable bonds is 8. The first-order chi connectivity index (χ1) is 17.2. The number of amides is 2. The zero-order valence-corrected chi connectivity index (χ0v) is 21.4. The summed E-state index contributed by atoms with van der Waals surface area (Å²) in [4.78, 5) is 27.9.